The van der Waals surface area contributed by atoms with E-state index < -0.39 is 0 Å². The van der Waals surface area contributed by atoms with Gasteiger partial charge in [0.05, 0.1) is 12.7 Å². The molecule has 0 aliphatic carbocycles. The highest BCUT2D eigenvalue weighted by Gasteiger charge is 2.23. The van der Waals surface area contributed by atoms with Gasteiger partial charge < -0.3 is 0 Å². The van der Waals surface area contributed by atoms with Crippen LogP contribution in [0.5, 0.6) is 0 Å². The third-order valence-corrected chi connectivity index (χ3v) is 4.92. The molecule has 2 aromatic rings. The van der Waals surface area contributed by atoms with Gasteiger partial charge in [-0.3, -0.25) is 4.90 Å². The van der Waals surface area contributed by atoms with E-state index in [9.17, 15) is 0 Å². The molecular weight excluding hydrogens is 294 g/mol. The van der Waals surface area contributed by atoms with Crippen molar-refractivity contribution in [3.63, 3.8) is 0 Å². The molecule has 1 fully saturated rings. The van der Waals surface area contributed by atoms with Crippen LogP contribution >= 0.6 is 11.6 Å². The molecule has 2 heterocycles. The predicted molar refractivity (Wildman–Crippen MR) is 91.1 cm³/mol. The number of likely N-dealkylation sites (tertiary alicyclic amines) is 1. The van der Waals surface area contributed by atoms with Crippen molar-refractivity contribution in [3.8, 4) is 0 Å². The molecule has 4 heteroatoms. The lowest BCUT2D eigenvalue weighted by molar-refractivity contribution is 0.313. The van der Waals surface area contributed by atoms with Crippen molar-refractivity contribution >= 4 is 11.6 Å². The summed E-state index contributed by atoms with van der Waals surface area (Å²) in [6, 6.07) is 10.3. The summed E-state index contributed by atoms with van der Waals surface area (Å²) in [6.07, 6.45) is 5.88. The van der Waals surface area contributed by atoms with Crippen LogP contribution < -0.4 is 0 Å². The van der Waals surface area contributed by atoms with Crippen LogP contribution in [0.4, 0.5) is 0 Å². The summed E-state index contributed by atoms with van der Waals surface area (Å²) >= 11 is 6.52. The number of rotatable bonds is 6. The largest absolute Gasteiger partial charge is 0.299 e. The fourth-order valence-electron chi connectivity index (χ4n) is 3.32. The lowest BCUT2D eigenvalue weighted by Crippen LogP contribution is -2.20. The van der Waals surface area contributed by atoms with Gasteiger partial charge in [0.25, 0.3) is 0 Å². The topological polar surface area (TPSA) is 21.1 Å². The number of hydrogen-bond acceptors (Lipinski definition) is 2. The Bertz CT molecular complexity index is 594. The molecule has 1 aromatic carbocycles. The maximum absolute atomic E-state index is 6.52. The van der Waals surface area contributed by atoms with E-state index in [0.29, 0.717) is 0 Å². The molecule has 1 unspecified atom stereocenters. The molecule has 1 aliphatic rings. The molecule has 1 aromatic heterocycles. The van der Waals surface area contributed by atoms with Crippen molar-refractivity contribution in [1.29, 1.82) is 0 Å². The Kier molecular flexibility index (Phi) is 5.16. The van der Waals surface area contributed by atoms with Crippen molar-refractivity contribution in [3.05, 3.63) is 52.8 Å². The van der Waals surface area contributed by atoms with Crippen LogP contribution in [0.3, 0.4) is 0 Å². The van der Waals surface area contributed by atoms with Crippen LogP contribution in [-0.4, -0.2) is 27.8 Å². The van der Waals surface area contributed by atoms with Crippen molar-refractivity contribution in [2.24, 2.45) is 5.92 Å². The number of aromatic nitrogens is 2. The monoisotopic (exact) mass is 317 g/mol. The molecule has 1 saturated heterocycles. The number of benzene rings is 1. The van der Waals surface area contributed by atoms with Gasteiger partial charge in [0.1, 0.15) is 5.15 Å². The lowest BCUT2D eigenvalue weighted by atomic mass is 10.0. The summed E-state index contributed by atoms with van der Waals surface area (Å²) in [5.74, 6) is 0.864. The maximum atomic E-state index is 6.52. The fourth-order valence-corrected chi connectivity index (χ4v) is 3.53. The first-order chi connectivity index (χ1) is 10.8. The second-order valence-electron chi connectivity index (χ2n) is 6.28. The average Bonchev–Trinajstić information content (AvgIpc) is 3.11. The zero-order valence-corrected chi connectivity index (χ0v) is 14.0. The van der Waals surface area contributed by atoms with Crippen molar-refractivity contribution < 1.29 is 0 Å². The molecule has 0 spiro atoms. The minimum atomic E-state index is 0.734. The van der Waals surface area contributed by atoms with Gasteiger partial charge in [-0.2, -0.15) is 5.10 Å². The van der Waals surface area contributed by atoms with E-state index in [0.717, 1.165) is 29.7 Å². The normalized spacial score (nSPS) is 18.9. The molecule has 0 bridgehead atoms. The lowest BCUT2D eigenvalue weighted by Gasteiger charge is -2.15. The van der Waals surface area contributed by atoms with Crippen LogP contribution in [0.25, 0.3) is 0 Å². The standard InChI is InChI=1S/C18H24ClN3/c1-2-6-15-9-10-21(12-15)14-17-11-20-22(18(17)19)13-16-7-4-3-5-8-16/h3-5,7-8,11,15H,2,6,9-10,12-14H2,1H3. The first kappa shape index (κ1) is 15.6. The minimum Gasteiger partial charge on any atom is -0.299 e. The van der Waals surface area contributed by atoms with E-state index in [1.165, 1.54) is 37.9 Å². The summed E-state index contributed by atoms with van der Waals surface area (Å²) in [7, 11) is 0. The highest BCUT2D eigenvalue weighted by molar-refractivity contribution is 6.30. The Morgan fingerprint density at radius 3 is 2.82 bits per heavy atom. The Balaban J connectivity index is 1.62. The van der Waals surface area contributed by atoms with E-state index in [-0.39, 0.29) is 0 Å². The molecule has 118 valence electrons. The van der Waals surface area contributed by atoms with Crippen LogP contribution in [0, 0.1) is 5.92 Å². The van der Waals surface area contributed by atoms with E-state index in [2.05, 4.69) is 29.1 Å². The smallest absolute Gasteiger partial charge is 0.131 e. The van der Waals surface area contributed by atoms with E-state index in [1.54, 1.807) is 0 Å². The highest BCUT2D eigenvalue weighted by atomic mass is 35.5. The SMILES string of the molecule is CCCC1CCN(Cc2cnn(Cc3ccccc3)c2Cl)C1. The average molecular weight is 318 g/mol. The summed E-state index contributed by atoms with van der Waals surface area (Å²) in [5, 5.41) is 5.25. The van der Waals surface area contributed by atoms with Crippen molar-refractivity contribution in [2.45, 2.75) is 39.3 Å². The first-order valence-corrected chi connectivity index (χ1v) is 8.60. The Morgan fingerprint density at radius 2 is 2.05 bits per heavy atom. The quantitative estimate of drug-likeness (QED) is 0.796. The van der Waals surface area contributed by atoms with Gasteiger partial charge in [-0.05, 0) is 30.9 Å². The molecule has 0 saturated carbocycles. The van der Waals surface area contributed by atoms with E-state index >= 15 is 0 Å². The van der Waals surface area contributed by atoms with Crippen LogP contribution in [0.2, 0.25) is 5.15 Å². The van der Waals surface area contributed by atoms with E-state index in [4.69, 9.17) is 11.6 Å². The number of halogens is 1. The second-order valence-corrected chi connectivity index (χ2v) is 6.64. The van der Waals surface area contributed by atoms with Gasteiger partial charge in [0.2, 0.25) is 0 Å². The highest BCUT2D eigenvalue weighted by Crippen LogP contribution is 2.25. The molecule has 0 amide bonds. The van der Waals surface area contributed by atoms with Gasteiger partial charge in [-0.1, -0.05) is 55.3 Å². The van der Waals surface area contributed by atoms with Gasteiger partial charge in [0, 0.05) is 18.7 Å². The fraction of sp³-hybridized carbons (Fsp3) is 0.500. The summed E-state index contributed by atoms with van der Waals surface area (Å²) < 4.78 is 1.89. The van der Waals surface area contributed by atoms with E-state index in [1.807, 2.05) is 29.1 Å². The minimum absolute atomic E-state index is 0.734. The van der Waals surface area contributed by atoms with Crippen LogP contribution in [-0.2, 0) is 13.1 Å². The van der Waals surface area contributed by atoms with Gasteiger partial charge in [0.15, 0.2) is 0 Å². The third-order valence-electron chi connectivity index (χ3n) is 4.48. The molecule has 0 N–H and O–H groups in total. The number of nitrogens with zero attached hydrogens (tertiary/aromatic N) is 3. The Labute approximate surface area is 137 Å². The molecule has 0 radical (unpaired) electrons. The van der Waals surface area contributed by atoms with Gasteiger partial charge >= 0.3 is 0 Å². The molecular formula is C18H24ClN3. The van der Waals surface area contributed by atoms with Crippen LogP contribution in [0.15, 0.2) is 36.5 Å². The number of hydrogen-bond donors (Lipinski definition) is 0. The van der Waals surface area contributed by atoms with Gasteiger partial charge in [-0.25, -0.2) is 4.68 Å². The molecule has 3 rings (SSSR count). The molecule has 22 heavy (non-hydrogen) atoms. The zero-order valence-electron chi connectivity index (χ0n) is 13.2. The second kappa shape index (κ2) is 7.30. The summed E-state index contributed by atoms with van der Waals surface area (Å²) in [5.41, 5.74) is 2.37. The molecule has 1 aliphatic heterocycles. The van der Waals surface area contributed by atoms with Gasteiger partial charge in [-0.15, -0.1) is 0 Å². The zero-order chi connectivity index (χ0) is 15.4. The predicted octanol–water partition coefficient (Wildman–Crippen LogP) is 4.21. The molecule has 3 nitrogen and oxygen atoms in total. The van der Waals surface area contributed by atoms with Crippen molar-refractivity contribution in [2.75, 3.05) is 13.1 Å². The van der Waals surface area contributed by atoms with Crippen molar-refractivity contribution in [1.82, 2.24) is 14.7 Å². The summed E-state index contributed by atoms with van der Waals surface area (Å²) in [6.45, 7) is 6.32. The Morgan fingerprint density at radius 1 is 1.23 bits per heavy atom. The maximum Gasteiger partial charge on any atom is 0.131 e. The Hall–Kier alpha value is -1.32. The van der Waals surface area contributed by atoms with Crippen LogP contribution in [0.1, 0.15) is 37.3 Å². The third kappa shape index (κ3) is 3.71. The summed E-state index contributed by atoms with van der Waals surface area (Å²) in [4.78, 5) is 2.51. The molecule has 1 atom stereocenters. The first-order valence-electron chi connectivity index (χ1n) is 8.22.